The number of aromatic carboxylic acids is 1. The monoisotopic (exact) mass is 362 g/mol. The minimum absolute atomic E-state index is 0.244. The molecule has 0 aliphatic rings. The van der Waals surface area contributed by atoms with E-state index in [0.717, 1.165) is 24.2 Å². The standard InChI is InChI=1S/C21H22N4O2/c1-3-14-6-5-7-15(4-2)19(14)25-21-22-13-12-18(24-21)23-17-10-8-16(9-11-17)20(26)27/h5-13H,3-4H2,1-2H3,(H,26,27)(H2,22,23,24,25). The van der Waals surface area contributed by atoms with E-state index < -0.39 is 5.97 Å². The Morgan fingerprint density at radius 3 is 2.22 bits per heavy atom. The lowest BCUT2D eigenvalue weighted by Gasteiger charge is -2.15. The van der Waals surface area contributed by atoms with Gasteiger partial charge in [-0.25, -0.2) is 9.78 Å². The first kappa shape index (κ1) is 18.4. The van der Waals surface area contributed by atoms with Crippen LogP contribution in [0.5, 0.6) is 0 Å². The number of anilines is 4. The van der Waals surface area contributed by atoms with Crippen molar-refractivity contribution >= 4 is 29.1 Å². The predicted molar refractivity (Wildman–Crippen MR) is 107 cm³/mol. The number of hydrogen-bond acceptors (Lipinski definition) is 5. The SMILES string of the molecule is CCc1cccc(CC)c1Nc1nccc(Nc2ccc(C(=O)O)cc2)n1. The number of carboxylic acid groups (broad SMARTS) is 1. The molecular formula is C21H22N4O2. The van der Waals surface area contributed by atoms with Crippen molar-refractivity contribution in [2.24, 2.45) is 0 Å². The van der Waals surface area contributed by atoms with Gasteiger partial charge in [-0.05, 0) is 54.3 Å². The maximum absolute atomic E-state index is 10.9. The van der Waals surface area contributed by atoms with E-state index in [1.807, 2.05) is 0 Å². The second kappa shape index (κ2) is 8.31. The van der Waals surface area contributed by atoms with Crippen LogP contribution in [0.1, 0.15) is 35.3 Å². The van der Waals surface area contributed by atoms with Crippen LogP contribution < -0.4 is 10.6 Å². The zero-order valence-electron chi connectivity index (χ0n) is 15.4. The van der Waals surface area contributed by atoms with E-state index in [2.05, 4.69) is 52.6 Å². The van der Waals surface area contributed by atoms with Crippen molar-refractivity contribution in [3.63, 3.8) is 0 Å². The molecule has 0 unspecified atom stereocenters. The fourth-order valence-electron chi connectivity index (χ4n) is 2.85. The maximum atomic E-state index is 10.9. The smallest absolute Gasteiger partial charge is 0.335 e. The lowest BCUT2D eigenvalue weighted by Crippen LogP contribution is -2.04. The second-order valence-electron chi connectivity index (χ2n) is 6.06. The maximum Gasteiger partial charge on any atom is 0.335 e. The molecule has 0 bridgehead atoms. The van der Waals surface area contributed by atoms with Crippen molar-refractivity contribution in [1.29, 1.82) is 0 Å². The van der Waals surface area contributed by atoms with Crippen molar-refractivity contribution in [3.8, 4) is 0 Å². The van der Waals surface area contributed by atoms with E-state index in [-0.39, 0.29) is 5.56 Å². The number of nitrogens with zero attached hydrogens (tertiary/aromatic N) is 2. The van der Waals surface area contributed by atoms with Crippen molar-refractivity contribution < 1.29 is 9.90 Å². The number of rotatable bonds is 7. The molecule has 3 N–H and O–H groups in total. The van der Waals surface area contributed by atoms with Gasteiger partial charge in [0.1, 0.15) is 5.82 Å². The minimum Gasteiger partial charge on any atom is -0.478 e. The van der Waals surface area contributed by atoms with Gasteiger partial charge in [-0.3, -0.25) is 0 Å². The van der Waals surface area contributed by atoms with Crippen molar-refractivity contribution in [3.05, 3.63) is 71.4 Å². The molecule has 0 aliphatic carbocycles. The van der Waals surface area contributed by atoms with Crippen LogP contribution in [0.25, 0.3) is 0 Å². The average Bonchev–Trinajstić information content (AvgIpc) is 2.69. The summed E-state index contributed by atoms with van der Waals surface area (Å²) in [5.41, 5.74) is 4.51. The fraction of sp³-hybridized carbons (Fsp3) is 0.190. The summed E-state index contributed by atoms with van der Waals surface area (Å²) >= 11 is 0. The highest BCUT2D eigenvalue weighted by Crippen LogP contribution is 2.26. The Morgan fingerprint density at radius 1 is 0.963 bits per heavy atom. The Labute approximate surface area is 158 Å². The lowest BCUT2D eigenvalue weighted by molar-refractivity contribution is 0.0697. The average molecular weight is 362 g/mol. The highest BCUT2D eigenvalue weighted by atomic mass is 16.4. The van der Waals surface area contributed by atoms with Crippen molar-refractivity contribution in [1.82, 2.24) is 9.97 Å². The molecule has 1 aromatic heterocycles. The fourth-order valence-corrected chi connectivity index (χ4v) is 2.85. The number of carboxylic acids is 1. The third-order valence-corrected chi connectivity index (χ3v) is 4.30. The molecule has 0 atom stereocenters. The second-order valence-corrected chi connectivity index (χ2v) is 6.06. The Kier molecular flexibility index (Phi) is 5.66. The van der Waals surface area contributed by atoms with E-state index >= 15 is 0 Å². The van der Waals surface area contributed by atoms with Gasteiger partial charge in [0.15, 0.2) is 0 Å². The predicted octanol–water partition coefficient (Wildman–Crippen LogP) is 4.79. The molecule has 0 radical (unpaired) electrons. The van der Waals surface area contributed by atoms with Crippen LogP contribution in [0.3, 0.4) is 0 Å². The number of nitrogens with one attached hydrogen (secondary N) is 2. The number of carbonyl (C=O) groups is 1. The summed E-state index contributed by atoms with van der Waals surface area (Å²) in [6, 6.07) is 14.6. The Balaban J connectivity index is 1.81. The van der Waals surface area contributed by atoms with Crippen LogP contribution in [0.15, 0.2) is 54.7 Å². The van der Waals surface area contributed by atoms with E-state index in [9.17, 15) is 4.79 Å². The molecule has 6 nitrogen and oxygen atoms in total. The van der Waals surface area contributed by atoms with Gasteiger partial charge < -0.3 is 15.7 Å². The summed E-state index contributed by atoms with van der Waals surface area (Å²) in [4.78, 5) is 19.8. The van der Waals surface area contributed by atoms with Gasteiger partial charge >= 0.3 is 5.97 Å². The number of hydrogen-bond donors (Lipinski definition) is 3. The lowest BCUT2D eigenvalue weighted by atomic mass is 10.0. The normalized spacial score (nSPS) is 10.4. The Morgan fingerprint density at radius 2 is 1.63 bits per heavy atom. The van der Waals surface area contributed by atoms with Gasteiger partial charge in [-0.2, -0.15) is 4.98 Å². The molecule has 0 saturated heterocycles. The summed E-state index contributed by atoms with van der Waals surface area (Å²) in [6.45, 7) is 4.25. The van der Waals surface area contributed by atoms with E-state index in [1.165, 1.54) is 11.1 Å². The molecular weight excluding hydrogens is 340 g/mol. The van der Waals surface area contributed by atoms with E-state index in [4.69, 9.17) is 5.11 Å². The summed E-state index contributed by atoms with van der Waals surface area (Å²) in [5, 5.41) is 15.5. The van der Waals surface area contributed by atoms with Crippen LogP contribution in [0.2, 0.25) is 0 Å². The van der Waals surface area contributed by atoms with Crippen molar-refractivity contribution in [2.75, 3.05) is 10.6 Å². The minimum atomic E-state index is -0.948. The molecule has 6 heteroatoms. The van der Waals surface area contributed by atoms with Crippen LogP contribution in [-0.2, 0) is 12.8 Å². The molecule has 1 heterocycles. The molecule has 0 fully saturated rings. The summed E-state index contributed by atoms with van der Waals surface area (Å²) < 4.78 is 0. The molecule has 3 rings (SSSR count). The molecule has 2 aromatic carbocycles. The molecule has 0 aliphatic heterocycles. The van der Waals surface area contributed by atoms with Crippen LogP contribution in [0.4, 0.5) is 23.1 Å². The number of benzene rings is 2. The number of para-hydroxylation sites is 1. The van der Waals surface area contributed by atoms with E-state index in [0.29, 0.717) is 11.8 Å². The van der Waals surface area contributed by atoms with Crippen molar-refractivity contribution in [2.45, 2.75) is 26.7 Å². The Bertz CT molecular complexity index is 917. The third kappa shape index (κ3) is 4.41. The molecule has 138 valence electrons. The summed E-state index contributed by atoms with van der Waals surface area (Å²) in [7, 11) is 0. The molecule has 0 amide bonds. The van der Waals surface area contributed by atoms with Crippen LogP contribution >= 0.6 is 0 Å². The third-order valence-electron chi connectivity index (χ3n) is 4.30. The van der Waals surface area contributed by atoms with E-state index in [1.54, 1.807) is 36.5 Å². The van der Waals surface area contributed by atoms with Gasteiger partial charge in [-0.1, -0.05) is 32.0 Å². The quantitative estimate of drug-likeness (QED) is 0.560. The Hall–Kier alpha value is -3.41. The largest absolute Gasteiger partial charge is 0.478 e. The highest BCUT2D eigenvalue weighted by molar-refractivity contribution is 5.88. The summed E-state index contributed by atoms with van der Waals surface area (Å²) in [5.74, 6) is 0.191. The first-order chi connectivity index (χ1) is 13.1. The number of aromatic nitrogens is 2. The molecule has 27 heavy (non-hydrogen) atoms. The van der Waals surface area contributed by atoms with Gasteiger partial charge in [-0.15, -0.1) is 0 Å². The number of aryl methyl sites for hydroxylation is 2. The molecule has 3 aromatic rings. The van der Waals surface area contributed by atoms with Crippen LogP contribution in [0, 0.1) is 0 Å². The zero-order valence-corrected chi connectivity index (χ0v) is 15.4. The van der Waals surface area contributed by atoms with Gasteiger partial charge in [0.05, 0.1) is 5.56 Å². The van der Waals surface area contributed by atoms with Gasteiger partial charge in [0, 0.05) is 17.6 Å². The topological polar surface area (TPSA) is 87.1 Å². The highest BCUT2D eigenvalue weighted by Gasteiger charge is 2.09. The first-order valence-electron chi connectivity index (χ1n) is 8.92. The van der Waals surface area contributed by atoms with Crippen LogP contribution in [-0.4, -0.2) is 21.0 Å². The molecule has 0 spiro atoms. The summed E-state index contributed by atoms with van der Waals surface area (Å²) in [6.07, 6.45) is 3.53. The first-order valence-corrected chi connectivity index (χ1v) is 8.92. The van der Waals surface area contributed by atoms with Gasteiger partial charge in [0.2, 0.25) is 5.95 Å². The molecule has 0 saturated carbocycles. The van der Waals surface area contributed by atoms with Gasteiger partial charge in [0.25, 0.3) is 0 Å². The zero-order chi connectivity index (χ0) is 19.2.